The lowest BCUT2D eigenvalue weighted by molar-refractivity contribution is -0.126. The summed E-state index contributed by atoms with van der Waals surface area (Å²) < 4.78 is 5.66. The minimum absolute atomic E-state index is 0.110. The summed E-state index contributed by atoms with van der Waals surface area (Å²) in [6.45, 7) is 7.13. The Balaban J connectivity index is 2.51. The first-order valence-electron chi connectivity index (χ1n) is 7.78. The van der Waals surface area contributed by atoms with Crippen molar-refractivity contribution in [2.24, 2.45) is 5.73 Å². The lowest BCUT2D eigenvalue weighted by Gasteiger charge is -2.22. The minimum Gasteiger partial charge on any atom is -0.494 e. The van der Waals surface area contributed by atoms with Crippen molar-refractivity contribution in [2.75, 3.05) is 6.61 Å². The predicted octanol–water partition coefficient (Wildman–Crippen LogP) is 3.00. The Kier molecular flexibility index (Phi) is 7.23. The van der Waals surface area contributed by atoms with Gasteiger partial charge in [0, 0.05) is 6.54 Å². The normalized spacial score (nSPS) is 13.5. The standard InChI is InChI=1S/C17H28N2O2/c1-4-6-11-21-15-9-7-8-14(12-15)13-19-16(20)17(3,18)10-5-2/h7-9,12H,4-6,10-11,13,18H2,1-3H3,(H,19,20). The van der Waals surface area contributed by atoms with E-state index in [1.807, 2.05) is 31.2 Å². The lowest BCUT2D eigenvalue weighted by Crippen LogP contribution is -2.51. The van der Waals surface area contributed by atoms with Crippen molar-refractivity contribution < 1.29 is 9.53 Å². The van der Waals surface area contributed by atoms with E-state index in [2.05, 4.69) is 12.2 Å². The molecule has 4 heteroatoms. The number of nitrogens with one attached hydrogen (secondary N) is 1. The topological polar surface area (TPSA) is 64.3 Å². The van der Waals surface area contributed by atoms with Gasteiger partial charge < -0.3 is 15.8 Å². The molecule has 1 aromatic carbocycles. The van der Waals surface area contributed by atoms with Gasteiger partial charge in [-0.15, -0.1) is 0 Å². The quantitative estimate of drug-likeness (QED) is 0.688. The number of ether oxygens (including phenoxy) is 1. The third kappa shape index (κ3) is 6.17. The molecule has 1 atom stereocenters. The van der Waals surface area contributed by atoms with Crippen LogP contribution in [0.1, 0.15) is 52.0 Å². The van der Waals surface area contributed by atoms with Gasteiger partial charge in [0.05, 0.1) is 12.1 Å². The summed E-state index contributed by atoms with van der Waals surface area (Å²) in [6.07, 6.45) is 3.73. The van der Waals surface area contributed by atoms with Gasteiger partial charge in [0.15, 0.2) is 0 Å². The molecule has 0 saturated carbocycles. The fraction of sp³-hybridized carbons (Fsp3) is 0.588. The molecule has 0 spiro atoms. The van der Waals surface area contributed by atoms with Gasteiger partial charge in [0.25, 0.3) is 0 Å². The van der Waals surface area contributed by atoms with Crippen molar-refractivity contribution in [3.8, 4) is 5.75 Å². The van der Waals surface area contributed by atoms with Crippen LogP contribution in [0.15, 0.2) is 24.3 Å². The Labute approximate surface area is 128 Å². The Hall–Kier alpha value is -1.55. The molecule has 1 amide bonds. The average Bonchev–Trinajstić information content (AvgIpc) is 2.45. The second kappa shape index (κ2) is 8.67. The Bertz CT molecular complexity index is 444. The van der Waals surface area contributed by atoms with Gasteiger partial charge in [-0.05, 0) is 37.5 Å². The first-order valence-corrected chi connectivity index (χ1v) is 7.78. The highest BCUT2D eigenvalue weighted by molar-refractivity contribution is 5.85. The van der Waals surface area contributed by atoms with Crippen molar-refractivity contribution in [1.29, 1.82) is 0 Å². The molecule has 0 radical (unpaired) electrons. The Morgan fingerprint density at radius 3 is 2.76 bits per heavy atom. The molecule has 0 aromatic heterocycles. The molecule has 1 unspecified atom stereocenters. The number of rotatable bonds is 9. The van der Waals surface area contributed by atoms with Crippen molar-refractivity contribution in [3.63, 3.8) is 0 Å². The van der Waals surface area contributed by atoms with E-state index >= 15 is 0 Å². The zero-order chi connectivity index (χ0) is 15.7. The van der Waals surface area contributed by atoms with E-state index < -0.39 is 5.54 Å². The van der Waals surface area contributed by atoms with E-state index in [0.29, 0.717) is 13.0 Å². The second-order valence-corrected chi connectivity index (χ2v) is 5.70. The molecule has 3 N–H and O–H groups in total. The lowest BCUT2D eigenvalue weighted by atomic mass is 9.96. The van der Waals surface area contributed by atoms with Gasteiger partial charge in [-0.3, -0.25) is 4.79 Å². The van der Waals surface area contributed by atoms with Crippen LogP contribution in [-0.2, 0) is 11.3 Å². The first-order chi connectivity index (χ1) is 9.99. The summed E-state index contributed by atoms with van der Waals surface area (Å²) in [7, 11) is 0. The van der Waals surface area contributed by atoms with Crippen LogP contribution in [0.2, 0.25) is 0 Å². The molecule has 0 saturated heterocycles. The van der Waals surface area contributed by atoms with Gasteiger partial charge in [0.2, 0.25) is 5.91 Å². The van der Waals surface area contributed by atoms with Gasteiger partial charge >= 0.3 is 0 Å². The molecule has 0 aliphatic heterocycles. The van der Waals surface area contributed by atoms with E-state index in [-0.39, 0.29) is 5.91 Å². The van der Waals surface area contributed by atoms with E-state index in [0.717, 1.165) is 37.2 Å². The highest BCUT2D eigenvalue weighted by Crippen LogP contribution is 2.14. The van der Waals surface area contributed by atoms with Crippen molar-refractivity contribution in [1.82, 2.24) is 5.32 Å². The zero-order valence-electron chi connectivity index (χ0n) is 13.4. The maximum Gasteiger partial charge on any atom is 0.240 e. The van der Waals surface area contributed by atoms with Crippen LogP contribution in [0, 0.1) is 0 Å². The summed E-state index contributed by atoms with van der Waals surface area (Å²) >= 11 is 0. The molecule has 0 fully saturated rings. The summed E-state index contributed by atoms with van der Waals surface area (Å²) in [4.78, 5) is 12.1. The maximum atomic E-state index is 12.1. The number of carbonyl (C=O) groups excluding carboxylic acids is 1. The fourth-order valence-corrected chi connectivity index (χ4v) is 2.10. The summed E-state index contributed by atoms with van der Waals surface area (Å²) in [5.74, 6) is 0.737. The van der Waals surface area contributed by atoms with Gasteiger partial charge in [-0.25, -0.2) is 0 Å². The van der Waals surface area contributed by atoms with Gasteiger partial charge in [-0.2, -0.15) is 0 Å². The number of nitrogens with two attached hydrogens (primary N) is 1. The van der Waals surface area contributed by atoms with Crippen molar-refractivity contribution >= 4 is 5.91 Å². The number of unbranched alkanes of at least 4 members (excludes halogenated alkanes) is 1. The summed E-state index contributed by atoms with van der Waals surface area (Å²) in [6, 6.07) is 7.81. The summed E-state index contributed by atoms with van der Waals surface area (Å²) in [5.41, 5.74) is 6.23. The third-order valence-corrected chi connectivity index (χ3v) is 3.41. The van der Waals surface area contributed by atoms with E-state index in [1.54, 1.807) is 6.92 Å². The minimum atomic E-state index is -0.802. The molecular formula is C17H28N2O2. The first kappa shape index (κ1) is 17.5. The van der Waals surface area contributed by atoms with E-state index in [1.165, 1.54) is 0 Å². The molecule has 21 heavy (non-hydrogen) atoms. The monoisotopic (exact) mass is 292 g/mol. The van der Waals surface area contributed by atoms with Crippen LogP contribution >= 0.6 is 0 Å². The predicted molar refractivity (Wildman–Crippen MR) is 86.2 cm³/mol. The van der Waals surface area contributed by atoms with Crippen molar-refractivity contribution in [2.45, 2.75) is 58.5 Å². The molecule has 118 valence electrons. The van der Waals surface area contributed by atoms with Gasteiger partial charge in [0.1, 0.15) is 5.75 Å². The largest absolute Gasteiger partial charge is 0.494 e. The highest BCUT2D eigenvalue weighted by atomic mass is 16.5. The van der Waals surface area contributed by atoms with Crippen LogP contribution < -0.4 is 15.8 Å². The third-order valence-electron chi connectivity index (χ3n) is 3.41. The van der Waals surface area contributed by atoms with Gasteiger partial charge in [-0.1, -0.05) is 38.8 Å². The highest BCUT2D eigenvalue weighted by Gasteiger charge is 2.26. The van der Waals surface area contributed by atoms with E-state index in [9.17, 15) is 4.79 Å². The Morgan fingerprint density at radius 1 is 1.33 bits per heavy atom. The van der Waals surface area contributed by atoms with Crippen LogP contribution in [0.3, 0.4) is 0 Å². The zero-order valence-corrected chi connectivity index (χ0v) is 13.4. The van der Waals surface area contributed by atoms with Crippen LogP contribution in [0.5, 0.6) is 5.75 Å². The number of benzene rings is 1. The smallest absolute Gasteiger partial charge is 0.240 e. The molecular weight excluding hydrogens is 264 g/mol. The van der Waals surface area contributed by atoms with Crippen LogP contribution in [0.4, 0.5) is 0 Å². The molecule has 4 nitrogen and oxygen atoms in total. The molecule has 0 aliphatic carbocycles. The molecule has 0 aliphatic rings. The number of amides is 1. The Morgan fingerprint density at radius 2 is 2.10 bits per heavy atom. The average molecular weight is 292 g/mol. The number of hydrogen-bond acceptors (Lipinski definition) is 3. The second-order valence-electron chi connectivity index (χ2n) is 5.70. The summed E-state index contributed by atoms with van der Waals surface area (Å²) in [5, 5.41) is 2.90. The molecule has 0 heterocycles. The van der Waals surface area contributed by atoms with E-state index in [4.69, 9.17) is 10.5 Å². The number of hydrogen-bond donors (Lipinski definition) is 2. The number of carbonyl (C=O) groups is 1. The van der Waals surface area contributed by atoms with Crippen LogP contribution in [-0.4, -0.2) is 18.1 Å². The molecule has 1 aromatic rings. The SMILES string of the molecule is CCCCOc1cccc(CNC(=O)C(C)(N)CCC)c1. The van der Waals surface area contributed by atoms with Crippen molar-refractivity contribution in [3.05, 3.63) is 29.8 Å². The molecule has 1 rings (SSSR count). The molecule has 0 bridgehead atoms. The maximum absolute atomic E-state index is 12.1. The van der Waals surface area contributed by atoms with Crippen LogP contribution in [0.25, 0.3) is 0 Å². The fourth-order valence-electron chi connectivity index (χ4n) is 2.10.